The highest BCUT2D eigenvalue weighted by Gasteiger charge is 2.24. The zero-order valence-electron chi connectivity index (χ0n) is 11.8. The second-order valence-electron chi connectivity index (χ2n) is 5.10. The normalized spacial score (nSPS) is 14.2. The van der Waals surface area contributed by atoms with Gasteiger partial charge in [0.15, 0.2) is 5.69 Å². The van der Waals surface area contributed by atoms with Crippen LogP contribution in [0.1, 0.15) is 22.5 Å². The van der Waals surface area contributed by atoms with Crippen LogP contribution in [0.5, 0.6) is 0 Å². The summed E-state index contributed by atoms with van der Waals surface area (Å²) in [6.45, 7) is 0. The van der Waals surface area contributed by atoms with Crippen molar-refractivity contribution < 1.29 is 14.7 Å². The summed E-state index contributed by atoms with van der Waals surface area (Å²) >= 11 is 0. The van der Waals surface area contributed by atoms with Gasteiger partial charge in [-0.1, -0.05) is 12.1 Å². The molecule has 0 saturated heterocycles. The summed E-state index contributed by atoms with van der Waals surface area (Å²) in [4.78, 5) is 24.5. The Balaban J connectivity index is 2.16. The van der Waals surface area contributed by atoms with Gasteiger partial charge in [-0.2, -0.15) is 5.10 Å². The van der Waals surface area contributed by atoms with Crippen molar-refractivity contribution in [3.63, 3.8) is 0 Å². The number of carboxylic acid groups (broad SMARTS) is 1. The first-order valence-electron chi connectivity index (χ1n) is 6.65. The second kappa shape index (κ2) is 4.73. The van der Waals surface area contributed by atoms with E-state index < -0.39 is 5.97 Å². The molecular formula is C15H15N3O3. The summed E-state index contributed by atoms with van der Waals surface area (Å²) in [7, 11) is 3.48. The molecular weight excluding hydrogens is 270 g/mol. The third-order valence-electron chi connectivity index (χ3n) is 3.85. The summed E-state index contributed by atoms with van der Waals surface area (Å²) in [6.07, 6.45) is 1.12. The fourth-order valence-corrected chi connectivity index (χ4v) is 2.75. The largest absolute Gasteiger partial charge is 0.476 e. The first-order valence-corrected chi connectivity index (χ1v) is 6.65. The third-order valence-corrected chi connectivity index (χ3v) is 3.85. The summed E-state index contributed by atoms with van der Waals surface area (Å²) < 4.78 is 1.56. The number of hydrogen-bond donors (Lipinski definition) is 1. The standard InChI is InChI=1S/C15H15N3O3/c1-17-12-5-3-4-9(10(12)6-7-14(17)19)13-8-11(15(20)21)16-18(13)2/h3-5,8H,6-7H2,1-2H3,(H,20,21). The highest BCUT2D eigenvalue weighted by atomic mass is 16.4. The van der Waals surface area contributed by atoms with Crippen molar-refractivity contribution in [2.24, 2.45) is 7.05 Å². The van der Waals surface area contributed by atoms with Crippen LogP contribution in [0.25, 0.3) is 11.3 Å². The number of anilines is 1. The van der Waals surface area contributed by atoms with Crippen molar-refractivity contribution in [3.05, 3.63) is 35.5 Å². The number of aryl methyl sites for hydroxylation is 1. The number of carbonyl (C=O) groups excluding carboxylic acids is 1. The Hall–Kier alpha value is -2.63. The molecule has 3 rings (SSSR count). The monoisotopic (exact) mass is 285 g/mol. The number of aromatic carboxylic acids is 1. The number of nitrogens with zero attached hydrogens (tertiary/aromatic N) is 3. The molecule has 6 heteroatoms. The van der Waals surface area contributed by atoms with E-state index in [4.69, 9.17) is 5.11 Å². The third kappa shape index (κ3) is 2.08. The maximum Gasteiger partial charge on any atom is 0.356 e. The molecule has 2 aromatic rings. The SMILES string of the molecule is CN1C(=O)CCc2c(-c3cc(C(=O)O)nn3C)cccc21. The molecule has 0 aliphatic carbocycles. The fourth-order valence-electron chi connectivity index (χ4n) is 2.75. The minimum atomic E-state index is -1.05. The van der Waals surface area contributed by atoms with Gasteiger partial charge >= 0.3 is 5.97 Å². The number of amides is 1. The van der Waals surface area contributed by atoms with Crippen molar-refractivity contribution >= 4 is 17.6 Å². The van der Waals surface area contributed by atoms with Crippen LogP contribution >= 0.6 is 0 Å². The molecule has 0 spiro atoms. The minimum Gasteiger partial charge on any atom is -0.476 e. The molecule has 0 fully saturated rings. The Kier molecular flexibility index (Phi) is 3.01. The maximum absolute atomic E-state index is 11.8. The highest BCUT2D eigenvalue weighted by Crippen LogP contribution is 2.35. The Morgan fingerprint density at radius 2 is 2.05 bits per heavy atom. The number of rotatable bonds is 2. The quantitative estimate of drug-likeness (QED) is 0.911. The maximum atomic E-state index is 11.8. The first kappa shape index (κ1) is 13.4. The predicted molar refractivity (Wildman–Crippen MR) is 77.3 cm³/mol. The van der Waals surface area contributed by atoms with Crippen molar-refractivity contribution in [2.45, 2.75) is 12.8 Å². The number of benzene rings is 1. The molecule has 21 heavy (non-hydrogen) atoms. The van der Waals surface area contributed by atoms with Gasteiger partial charge in [-0.15, -0.1) is 0 Å². The van der Waals surface area contributed by atoms with Gasteiger partial charge in [-0.25, -0.2) is 4.79 Å². The molecule has 6 nitrogen and oxygen atoms in total. The molecule has 1 aliphatic rings. The zero-order chi connectivity index (χ0) is 15.1. The molecule has 0 atom stereocenters. The van der Waals surface area contributed by atoms with Crippen LogP contribution in [0.15, 0.2) is 24.3 Å². The molecule has 0 saturated carbocycles. The smallest absolute Gasteiger partial charge is 0.356 e. The lowest BCUT2D eigenvalue weighted by atomic mass is 9.94. The number of hydrogen-bond acceptors (Lipinski definition) is 3. The fraction of sp³-hybridized carbons (Fsp3) is 0.267. The number of fused-ring (bicyclic) bond motifs is 1. The van der Waals surface area contributed by atoms with Crippen molar-refractivity contribution in [1.82, 2.24) is 9.78 Å². The Bertz CT molecular complexity index is 749. The lowest BCUT2D eigenvalue weighted by molar-refractivity contribution is -0.118. The average molecular weight is 285 g/mol. The molecule has 0 unspecified atom stereocenters. The van der Waals surface area contributed by atoms with Crippen LogP contribution in [0.2, 0.25) is 0 Å². The molecule has 1 aliphatic heterocycles. The predicted octanol–water partition coefficient (Wildman–Crippen LogP) is 1.69. The van der Waals surface area contributed by atoms with E-state index in [2.05, 4.69) is 5.10 Å². The van der Waals surface area contributed by atoms with E-state index in [1.54, 1.807) is 29.7 Å². The van der Waals surface area contributed by atoms with Gasteiger partial charge in [0.05, 0.1) is 5.69 Å². The van der Waals surface area contributed by atoms with Crippen LogP contribution in [-0.2, 0) is 18.3 Å². The van der Waals surface area contributed by atoms with E-state index in [9.17, 15) is 9.59 Å². The molecule has 0 bridgehead atoms. The summed E-state index contributed by atoms with van der Waals surface area (Å²) in [5.41, 5.74) is 3.62. The Morgan fingerprint density at radius 1 is 1.29 bits per heavy atom. The zero-order valence-corrected chi connectivity index (χ0v) is 11.8. The highest BCUT2D eigenvalue weighted by molar-refractivity contribution is 5.97. The van der Waals surface area contributed by atoms with Gasteiger partial charge in [0, 0.05) is 31.8 Å². The Morgan fingerprint density at radius 3 is 2.71 bits per heavy atom. The van der Waals surface area contributed by atoms with E-state index in [0.29, 0.717) is 12.8 Å². The number of aromatic nitrogens is 2. The molecule has 1 N–H and O–H groups in total. The van der Waals surface area contributed by atoms with Crippen molar-refractivity contribution in [3.8, 4) is 11.3 Å². The molecule has 108 valence electrons. The van der Waals surface area contributed by atoms with Crippen molar-refractivity contribution in [1.29, 1.82) is 0 Å². The van der Waals surface area contributed by atoms with Crippen LogP contribution < -0.4 is 4.90 Å². The van der Waals surface area contributed by atoms with Crippen LogP contribution in [0, 0.1) is 0 Å². The minimum absolute atomic E-state index is 0.0188. The van der Waals surface area contributed by atoms with Crippen LogP contribution in [-0.4, -0.2) is 33.8 Å². The van der Waals surface area contributed by atoms with E-state index >= 15 is 0 Å². The van der Waals surface area contributed by atoms with E-state index in [1.807, 2.05) is 18.2 Å². The van der Waals surface area contributed by atoms with E-state index in [1.165, 1.54) is 0 Å². The van der Waals surface area contributed by atoms with Gasteiger partial charge in [0.1, 0.15) is 0 Å². The van der Waals surface area contributed by atoms with Gasteiger partial charge in [-0.05, 0) is 24.1 Å². The molecule has 0 radical (unpaired) electrons. The average Bonchev–Trinajstić information content (AvgIpc) is 2.85. The molecule has 2 heterocycles. The van der Waals surface area contributed by atoms with E-state index in [-0.39, 0.29) is 11.6 Å². The number of carboxylic acids is 1. The Labute approximate surface area is 121 Å². The molecule has 1 aromatic carbocycles. The van der Waals surface area contributed by atoms with E-state index in [0.717, 1.165) is 22.5 Å². The van der Waals surface area contributed by atoms with Crippen LogP contribution in [0.3, 0.4) is 0 Å². The summed E-state index contributed by atoms with van der Waals surface area (Å²) in [5, 5.41) is 13.1. The van der Waals surface area contributed by atoms with Crippen molar-refractivity contribution in [2.75, 3.05) is 11.9 Å². The summed E-state index contributed by atoms with van der Waals surface area (Å²) in [5.74, 6) is -0.954. The topological polar surface area (TPSA) is 75.4 Å². The van der Waals surface area contributed by atoms with Crippen LogP contribution in [0.4, 0.5) is 5.69 Å². The lowest BCUT2D eigenvalue weighted by Gasteiger charge is -2.27. The second-order valence-corrected chi connectivity index (χ2v) is 5.10. The number of carbonyl (C=O) groups is 2. The first-order chi connectivity index (χ1) is 9.99. The molecule has 1 aromatic heterocycles. The molecule has 1 amide bonds. The lowest BCUT2D eigenvalue weighted by Crippen LogP contribution is -2.31. The summed E-state index contributed by atoms with van der Waals surface area (Å²) in [6, 6.07) is 7.28. The van der Waals surface area contributed by atoms with Gasteiger partial charge in [-0.3, -0.25) is 9.48 Å². The van der Waals surface area contributed by atoms with Gasteiger partial charge in [0.2, 0.25) is 5.91 Å². The van der Waals surface area contributed by atoms with Gasteiger partial charge < -0.3 is 10.0 Å². The van der Waals surface area contributed by atoms with Gasteiger partial charge in [0.25, 0.3) is 0 Å².